The molecule has 2 aromatic carbocycles. The number of hydrogen-bond donors (Lipinski definition) is 1. The third kappa shape index (κ3) is 4.59. The van der Waals surface area contributed by atoms with Gasteiger partial charge in [0.25, 0.3) is 11.5 Å². The molecule has 0 bridgehead atoms. The molecule has 0 fully saturated rings. The molecule has 164 valence electrons. The van der Waals surface area contributed by atoms with E-state index in [1.165, 1.54) is 16.9 Å². The van der Waals surface area contributed by atoms with Crippen molar-refractivity contribution in [3.63, 3.8) is 0 Å². The van der Waals surface area contributed by atoms with Crippen molar-refractivity contribution in [1.29, 1.82) is 0 Å². The fourth-order valence-electron chi connectivity index (χ4n) is 3.65. The molecular weight excluding hydrogens is 444 g/mol. The van der Waals surface area contributed by atoms with Crippen LogP contribution in [0.3, 0.4) is 0 Å². The number of fused-ring (bicyclic) bond motifs is 1. The van der Waals surface area contributed by atoms with E-state index in [1.54, 1.807) is 28.5 Å². The summed E-state index contributed by atoms with van der Waals surface area (Å²) in [4.78, 5) is 39.3. The van der Waals surface area contributed by atoms with Gasteiger partial charge in [0.2, 0.25) is 0 Å². The van der Waals surface area contributed by atoms with E-state index in [9.17, 15) is 9.59 Å². The van der Waals surface area contributed by atoms with E-state index in [-0.39, 0.29) is 18.0 Å². The number of nitrogens with one attached hydrogen (secondary N) is 1. The molecule has 2 aromatic heterocycles. The maximum atomic E-state index is 13.3. The standard InChI is InChI=1S/C24H23ClN4O2S/c1-4-9-29(12-21-26-19-11-16(25)6-8-18(19)22(30)28-21)24(31)20-13-32-23(27-20)17-7-5-14(2)10-15(17)3/h5-8,10-11,13H,4,9,12H2,1-3H3,(H,26,28,30). The molecule has 0 saturated carbocycles. The van der Waals surface area contributed by atoms with Crippen LogP contribution in [0.15, 0.2) is 46.6 Å². The predicted octanol–water partition coefficient (Wildman–Crippen LogP) is 5.37. The van der Waals surface area contributed by atoms with Crippen LogP contribution < -0.4 is 5.56 Å². The molecule has 0 aliphatic heterocycles. The molecule has 1 N–H and O–H groups in total. The van der Waals surface area contributed by atoms with Gasteiger partial charge in [0.15, 0.2) is 0 Å². The summed E-state index contributed by atoms with van der Waals surface area (Å²) in [7, 11) is 0. The fourth-order valence-corrected chi connectivity index (χ4v) is 4.70. The number of H-pyrrole nitrogens is 1. The Balaban J connectivity index is 1.62. The van der Waals surface area contributed by atoms with Crippen molar-refractivity contribution in [3.8, 4) is 10.6 Å². The smallest absolute Gasteiger partial charge is 0.273 e. The quantitative estimate of drug-likeness (QED) is 0.414. The summed E-state index contributed by atoms with van der Waals surface area (Å²) in [5.74, 6) is 0.226. The Kier molecular flexibility index (Phi) is 6.39. The number of halogens is 1. The molecule has 1 amide bonds. The number of benzene rings is 2. The number of nitrogens with zero attached hydrogens (tertiary/aromatic N) is 3. The SMILES string of the molecule is CCCN(Cc1nc2cc(Cl)ccc2c(=O)[nH]1)C(=O)c1csc(-c2ccc(C)cc2C)n1. The van der Waals surface area contributed by atoms with Gasteiger partial charge in [-0.2, -0.15) is 0 Å². The van der Waals surface area contributed by atoms with Gasteiger partial charge in [0, 0.05) is 22.5 Å². The second-order valence-electron chi connectivity index (χ2n) is 7.76. The zero-order valence-electron chi connectivity index (χ0n) is 18.1. The first kappa shape index (κ1) is 22.2. The lowest BCUT2D eigenvalue weighted by molar-refractivity contribution is 0.0734. The Morgan fingerprint density at radius 2 is 1.97 bits per heavy atom. The van der Waals surface area contributed by atoms with E-state index in [1.807, 2.05) is 26.0 Å². The average molecular weight is 467 g/mol. The molecule has 0 spiro atoms. The normalized spacial score (nSPS) is 11.1. The van der Waals surface area contributed by atoms with E-state index in [0.717, 1.165) is 22.6 Å². The van der Waals surface area contributed by atoms with Gasteiger partial charge in [-0.25, -0.2) is 9.97 Å². The lowest BCUT2D eigenvalue weighted by Gasteiger charge is -2.20. The van der Waals surface area contributed by atoms with Crippen LogP contribution in [0.25, 0.3) is 21.5 Å². The van der Waals surface area contributed by atoms with Crippen molar-refractivity contribution in [2.24, 2.45) is 0 Å². The highest BCUT2D eigenvalue weighted by atomic mass is 35.5. The topological polar surface area (TPSA) is 79.0 Å². The van der Waals surface area contributed by atoms with Crippen LogP contribution in [0, 0.1) is 13.8 Å². The number of carbonyl (C=O) groups excluding carboxylic acids is 1. The molecule has 0 saturated heterocycles. The van der Waals surface area contributed by atoms with Crippen LogP contribution in [-0.4, -0.2) is 32.3 Å². The molecule has 0 unspecified atom stereocenters. The van der Waals surface area contributed by atoms with Gasteiger partial charge >= 0.3 is 0 Å². The van der Waals surface area contributed by atoms with Crippen molar-refractivity contribution < 1.29 is 4.79 Å². The van der Waals surface area contributed by atoms with Crippen LogP contribution in [0.1, 0.15) is 40.8 Å². The van der Waals surface area contributed by atoms with Gasteiger partial charge in [-0.3, -0.25) is 9.59 Å². The maximum absolute atomic E-state index is 13.3. The fraction of sp³-hybridized carbons (Fsp3) is 0.250. The molecule has 0 atom stereocenters. The third-order valence-corrected chi connectivity index (χ3v) is 6.29. The molecule has 0 aliphatic carbocycles. The second-order valence-corrected chi connectivity index (χ2v) is 9.05. The van der Waals surface area contributed by atoms with Crippen LogP contribution >= 0.6 is 22.9 Å². The molecule has 4 aromatic rings. The zero-order valence-corrected chi connectivity index (χ0v) is 19.7. The van der Waals surface area contributed by atoms with Crippen molar-refractivity contribution in [1.82, 2.24) is 19.9 Å². The summed E-state index contributed by atoms with van der Waals surface area (Å²) in [5, 5.41) is 3.57. The number of rotatable bonds is 6. The monoisotopic (exact) mass is 466 g/mol. The van der Waals surface area contributed by atoms with E-state index in [4.69, 9.17) is 11.6 Å². The van der Waals surface area contributed by atoms with Crippen LogP contribution in [0.2, 0.25) is 5.02 Å². The average Bonchev–Trinajstić information content (AvgIpc) is 3.22. The molecular formula is C24H23ClN4O2S. The number of hydrogen-bond acceptors (Lipinski definition) is 5. The van der Waals surface area contributed by atoms with E-state index in [0.29, 0.717) is 34.0 Å². The van der Waals surface area contributed by atoms with Gasteiger partial charge in [-0.05, 0) is 44.0 Å². The lowest BCUT2D eigenvalue weighted by atomic mass is 10.1. The third-order valence-electron chi connectivity index (χ3n) is 5.17. The summed E-state index contributed by atoms with van der Waals surface area (Å²) in [6, 6.07) is 11.1. The van der Waals surface area contributed by atoms with Crippen LogP contribution in [0.5, 0.6) is 0 Å². The van der Waals surface area contributed by atoms with Crippen molar-refractivity contribution in [2.75, 3.05) is 6.54 Å². The lowest BCUT2D eigenvalue weighted by Crippen LogP contribution is -2.33. The Morgan fingerprint density at radius 1 is 1.16 bits per heavy atom. The number of aromatic nitrogens is 3. The molecule has 0 radical (unpaired) electrons. The van der Waals surface area contributed by atoms with Crippen molar-refractivity contribution in [3.05, 3.63) is 79.8 Å². The summed E-state index contributed by atoms with van der Waals surface area (Å²) in [6.07, 6.45) is 0.767. The largest absolute Gasteiger partial charge is 0.330 e. The summed E-state index contributed by atoms with van der Waals surface area (Å²) in [5.41, 5.74) is 3.98. The van der Waals surface area contributed by atoms with Gasteiger partial charge in [0.05, 0.1) is 17.4 Å². The Hall–Kier alpha value is -3.03. The first-order chi connectivity index (χ1) is 15.4. The molecule has 32 heavy (non-hydrogen) atoms. The molecule has 4 rings (SSSR count). The van der Waals surface area contributed by atoms with E-state index >= 15 is 0 Å². The van der Waals surface area contributed by atoms with Crippen LogP contribution in [-0.2, 0) is 6.54 Å². The van der Waals surface area contributed by atoms with Crippen molar-refractivity contribution in [2.45, 2.75) is 33.7 Å². The Bertz CT molecular complexity index is 1360. The maximum Gasteiger partial charge on any atom is 0.273 e. The zero-order chi connectivity index (χ0) is 22.8. The Morgan fingerprint density at radius 3 is 2.72 bits per heavy atom. The van der Waals surface area contributed by atoms with E-state index < -0.39 is 0 Å². The van der Waals surface area contributed by atoms with E-state index in [2.05, 4.69) is 27.9 Å². The summed E-state index contributed by atoms with van der Waals surface area (Å²) >= 11 is 7.51. The molecule has 2 heterocycles. The first-order valence-corrected chi connectivity index (χ1v) is 11.6. The highest BCUT2D eigenvalue weighted by Gasteiger charge is 2.21. The number of aromatic amines is 1. The summed E-state index contributed by atoms with van der Waals surface area (Å²) in [6.45, 7) is 6.80. The van der Waals surface area contributed by atoms with Gasteiger partial charge < -0.3 is 9.88 Å². The number of thiazole rings is 1. The summed E-state index contributed by atoms with van der Waals surface area (Å²) < 4.78 is 0. The number of amides is 1. The van der Waals surface area contributed by atoms with Gasteiger partial charge in [-0.15, -0.1) is 11.3 Å². The van der Waals surface area contributed by atoms with Crippen molar-refractivity contribution >= 4 is 39.7 Å². The minimum absolute atomic E-state index is 0.181. The van der Waals surface area contributed by atoms with Gasteiger partial charge in [-0.1, -0.05) is 42.3 Å². The first-order valence-electron chi connectivity index (χ1n) is 10.4. The minimum atomic E-state index is -0.253. The predicted molar refractivity (Wildman–Crippen MR) is 129 cm³/mol. The Labute approximate surface area is 194 Å². The second kappa shape index (κ2) is 9.22. The minimum Gasteiger partial charge on any atom is -0.330 e. The van der Waals surface area contributed by atoms with Crippen LogP contribution in [0.4, 0.5) is 0 Å². The number of aryl methyl sites for hydroxylation is 2. The highest BCUT2D eigenvalue weighted by molar-refractivity contribution is 7.13. The molecule has 6 nitrogen and oxygen atoms in total. The molecule has 8 heteroatoms. The highest BCUT2D eigenvalue weighted by Crippen LogP contribution is 2.28. The number of carbonyl (C=O) groups is 1. The molecule has 0 aliphatic rings. The van der Waals surface area contributed by atoms with Gasteiger partial charge in [0.1, 0.15) is 16.5 Å².